The van der Waals surface area contributed by atoms with Crippen LogP contribution in [0.1, 0.15) is 30.5 Å². The molecule has 0 N–H and O–H groups in total. The molecule has 1 fully saturated rings. The van der Waals surface area contributed by atoms with E-state index in [2.05, 4.69) is 17.0 Å². The number of ether oxygens (including phenoxy) is 2. The van der Waals surface area contributed by atoms with Crippen LogP contribution in [0.5, 0.6) is 11.5 Å². The lowest BCUT2D eigenvalue weighted by Crippen LogP contribution is -2.48. The molecule has 1 saturated heterocycles. The van der Waals surface area contributed by atoms with Crippen LogP contribution in [0.15, 0.2) is 47.1 Å². The summed E-state index contributed by atoms with van der Waals surface area (Å²) in [6, 6.07) is 10.1. The maximum absolute atomic E-state index is 13.1. The molecule has 1 amide bonds. The smallest absolute Gasteiger partial charge is 0.246 e. The van der Waals surface area contributed by atoms with E-state index in [0.29, 0.717) is 19.7 Å². The molecule has 0 radical (unpaired) electrons. The van der Waals surface area contributed by atoms with Gasteiger partial charge in [0.15, 0.2) is 0 Å². The van der Waals surface area contributed by atoms with E-state index >= 15 is 0 Å². The second-order valence-electron chi connectivity index (χ2n) is 8.45. The van der Waals surface area contributed by atoms with E-state index in [0.717, 1.165) is 63.5 Å². The number of aryl methyl sites for hydroxylation is 2. The lowest BCUT2D eigenvalue weighted by Gasteiger charge is -2.35. The van der Waals surface area contributed by atoms with Crippen LogP contribution in [0.3, 0.4) is 0 Å². The van der Waals surface area contributed by atoms with Crippen molar-refractivity contribution in [3.63, 3.8) is 0 Å². The fourth-order valence-electron chi connectivity index (χ4n) is 4.41. The molecule has 0 atom stereocenters. The Bertz CT molecular complexity index is 1190. The van der Waals surface area contributed by atoms with Gasteiger partial charge in [-0.15, -0.1) is 0 Å². The Morgan fingerprint density at radius 2 is 1.91 bits per heavy atom. The first kappa shape index (κ1) is 22.8. The number of benzene rings is 2. The van der Waals surface area contributed by atoms with Gasteiger partial charge in [-0.25, -0.2) is 0 Å². The van der Waals surface area contributed by atoms with E-state index in [1.807, 2.05) is 50.8 Å². The van der Waals surface area contributed by atoms with Gasteiger partial charge in [0.05, 0.1) is 20.0 Å². The third-order valence-corrected chi connectivity index (χ3v) is 6.30. The largest absolute Gasteiger partial charge is 0.497 e. The quantitative estimate of drug-likeness (QED) is 0.485. The molecular formula is C27H32N2O4. The fraction of sp³-hybridized carbons (Fsp3) is 0.370. The molecule has 2 aromatic carbocycles. The van der Waals surface area contributed by atoms with E-state index in [1.165, 1.54) is 0 Å². The highest BCUT2D eigenvalue weighted by Crippen LogP contribution is 2.37. The predicted octanol–water partition coefficient (Wildman–Crippen LogP) is 5.21. The zero-order chi connectivity index (χ0) is 23.5. The number of furan rings is 1. The Balaban J connectivity index is 1.52. The highest BCUT2D eigenvalue weighted by molar-refractivity contribution is 5.98. The number of hydrogen-bond acceptors (Lipinski definition) is 5. The maximum Gasteiger partial charge on any atom is 0.246 e. The molecule has 0 bridgehead atoms. The lowest BCUT2D eigenvalue weighted by atomic mass is 9.98. The first-order valence-corrected chi connectivity index (χ1v) is 11.4. The number of methoxy groups -OCH3 is 1. The fourth-order valence-corrected chi connectivity index (χ4v) is 4.41. The summed E-state index contributed by atoms with van der Waals surface area (Å²) >= 11 is 0. The SMILES string of the molecule is CCOc1c(/C(C)=C/C(=O)N2CCN(c3cccc(OC)c3)CC2)cc2c(C)coc2c1C. The number of fused-ring (bicyclic) bond motifs is 1. The first-order valence-electron chi connectivity index (χ1n) is 11.4. The first-order chi connectivity index (χ1) is 15.9. The average molecular weight is 449 g/mol. The van der Waals surface area contributed by atoms with Crippen LogP contribution in [-0.2, 0) is 4.79 Å². The number of rotatable bonds is 6. The minimum Gasteiger partial charge on any atom is -0.497 e. The van der Waals surface area contributed by atoms with Crippen LogP contribution in [0, 0.1) is 13.8 Å². The van der Waals surface area contributed by atoms with Crippen molar-refractivity contribution in [2.75, 3.05) is 44.8 Å². The Kier molecular flexibility index (Phi) is 6.63. The summed E-state index contributed by atoms with van der Waals surface area (Å²) in [5.41, 5.74) is 5.83. The van der Waals surface area contributed by atoms with E-state index in [-0.39, 0.29) is 5.91 Å². The summed E-state index contributed by atoms with van der Waals surface area (Å²) in [5.74, 6) is 1.65. The molecule has 33 heavy (non-hydrogen) atoms. The topological polar surface area (TPSA) is 55.2 Å². The van der Waals surface area contributed by atoms with Crippen molar-refractivity contribution >= 4 is 28.1 Å². The molecule has 3 aromatic rings. The van der Waals surface area contributed by atoms with Gasteiger partial charge < -0.3 is 23.7 Å². The van der Waals surface area contributed by atoms with Gasteiger partial charge in [-0.05, 0) is 57.0 Å². The van der Waals surface area contributed by atoms with Gasteiger partial charge >= 0.3 is 0 Å². The second-order valence-corrected chi connectivity index (χ2v) is 8.45. The van der Waals surface area contributed by atoms with E-state index in [9.17, 15) is 4.79 Å². The molecule has 4 rings (SSSR count). The highest BCUT2D eigenvalue weighted by Gasteiger charge is 2.22. The zero-order valence-electron chi connectivity index (χ0n) is 20.1. The summed E-state index contributed by atoms with van der Waals surface area (Å²) < 4.78 is 17.1. The molecular weight excluding hydrogens is 416 g/mol. The van der Waals surface area contributed by atoms with Crippen LogP contribution < -0.4 is 14.4 Å². The monoisotopic (exact) mass is 448 g/mol. The summed E-state index contributed by atoms with van der Waals surface area (Å²) in [6.45, 7) is 11.5. The van der Waals surface area contributed by atoms with Gasteiger partial charge in [-0.2, -0.15) is 0 Å². The van der Waals surface area contributed by atoms with Gasteiger partial charge in [-0.1, -0.05) is 6.07 Å². The van der Waals surface area contributed by atoms with Crippen LogP contribution in [0.25, 0.3) is 16.5 Å². The Morgan fingerprint density at radius 1 is 1.15 bits per heavy atom. The van der Waals surface area contributed by atoms with Crippen LogP contribution in [0.4, 0.5) is 5.69 Å². The Hall–Kier alpha value is -3.41. The molecule has 0 saturated carbocycles. The number of piperazine rings is 1. The average Bonchev–Trinajstić information content (AvgIpc) is 3.21. The Morgan fingerprint density at radius 3 is 2.61 bits per heavy atom. The second kappa shape index (κ2) is 9.61. The molecule has 0 aliphatic carbocycles. The molecule has 174 valence electrons. The molecule has 1 aliphatic rings. The molecule has 1 aliphatic heterocycles. The molecule has 0 spiro atoms. The van der Waals surface area contributed by atoms with Gasteiger partial charge in [0.1, 0.15) is 17.1 Å². The summed E-state index contributed by atoms with van der Waals surface area (Å²) in [4.78, 5) is 17.3. The van der Waals surface area contributed by atoms with E-state index < -0.39 is 0 Å². The standard InChI is InChI=1S/C27H32N2O4/c1-6-32-26-20(4)27-24(19(3)17-33-27)16-23(26)18(2)14-25(30)29-12-10-28(11-13-29)21-8-7-9-22(15-21)31-5/h7-9,14-17H,6,10-13H2,1-5H3/b18-14+. The summed E-state index contributed by atoms with van der Waals surface area (Å²) in [5, 5.41) is 1.05. The number of carbonyl (C=O) groups is 1. The van der Waals surface area contributed by atoms with E-state index in [4.69, 9.17) is 13.9 Å². The van der Waals surface area contributed by atoms with Gasteiger partial charge in [0.25, 0.3) is 0 Å². The zero-order valence-corrected chi connectivity index (χ0v) is 20.1. The minimum absolute atomic E-state index is 0.0295. The molecule has 6 heteroatoms. The van der Waals surface area contributed by atoms with Crippen LogP contribution in [-0.4, -0.2) is 50.7 Å². The van der Waals surface area contributed by atoms with Crippen molar-refractivity contribution in [1.82, 2.24) is 4.90 Å². The molecule has 2 heterocycles. The molecule has 6 nitrogen and oxygen atoms in total. The predicted molar refractivity (Wildman–Crippen MR) is 132 cm³/mol. The van der Waals surface area contributed by atoms with Crippen molar-refractivity contribution in [2.45, 2.75) is 27.7 Å². The van der Waals surface area contributed by atoms with Gasteiger partial charge in [0.2, 0.25) is 5.91 Å². The van der Waals surface area contributed by atoms with Crippen LogP contribution >= 0.6 is 0 Å². The van der Waals surface area contributed by atoms with Crippen molar-refractivity contribution in [1.29, 1.82) is 0 Å². The lowest BCUT2D eigenvalue weighted by molar-refractivity contribution is -0.126. The van der Waals surface area contributed by atoms with Crippen molar-refractivity contribution in [2.24, 2.45) is 0 Å². The summed E-state index contributed by atoms with van der Waals surface area (Å²) in [7, 11) is 1.68. The number of nitrogens with zero attached hydrogens (tertiary/aromatic N) is 2. The third kappa shape index (κ3) is 4.56. The van der Waals surface area contributed by atoms with Gasteiger partial charge in [-0.3, -0.25) is 4.79 Å². The minimum atomic E-state index is 0.0295. The molecule has 0 unspecified atom stereocenters. The third-order valence-electron chi connectivity index (χ3n) is 6.30. The highest BCUT2D eigenvalue weighted by atomic mass is 16.5. The molecule has 1 aromatic heterocycles. The van der Waals surface area contributed by atoms with Crippen molar-refractivity contribution < 1.29 is 18.7 Å². The number of hydrogen-bond donors (Lipinski definition) is 0. The summed E-state index contributed by atoms with van der Waals surface area (Å²) in [6.07, 6.45) is 3.50. The van der Waals surface area contributed by atoms with Crippen molar-refractivity contribution in [3.05, 3.63) is 59.4 Å². The number of anilines is 1. The van der Waals surface area contributed by atoms with E-state index in [1.54, 1.807) is 19.4 Å². The number of carbonyl (C=O) groups excluding carboxylic acids is 1. The normalized spacial score (nSPS) is 14.6. The number of amides is 1. The Labute approximate surface area is 195 Å². The van der Waals surface area contributed by atoms with Crippen molar-refractivity contribution in [3.8, 4) is 11.5 Å². The van der Waals surface area contributed by atoms with Crippen LogP contribution in [0.2, 0.25) is 0 Å². The number of allylic oxidation sites excluding steroid dienone is 1. The maximum atomic E-state index is 13.1. The van der Waals surface area contributed by atoms with Gasteiger partial charge in [0, 0.05) is 60.5 Å².